The number of nitrogens with one attached hydrogen (secondary N) is 2. The van der Waals surface area contributed by atoms with Crippen LogP contribution in [0, 0.1) is 6.92 Å². The lowest BCUT2D eigenvalue weighted by Gasteiger charge is -2.05. The lowest BCUT2D eigenvalue weighted by molar-refractivity contribution is 0.482. The molecule has 3 N–H and O–H groups in total. The van der Waals surface area contributed by atoms with Gasteiger partial charge in [0.05, 0.1) is 15.8 Å². The zero-order valence-electron chi connectivity index (χ0n) is 8.64. The first-order chi connectivity index (χ1) is 7.80. The zero-order valence-corrected chi connectivity index (χ0v) is 9.46. The molecule has 0 aliphatic rings. The highest BCUT2D eigenvalue weighted by Crippen LogP contribution is 2.20. The third-order valence-electron chi connectivity index (χ3n) is 2.40. The van der Waals surface area contributed by atoms with Gasteiger partial charge in [-0.3, -0.25) is 14.3 Å². The van der Waals surface area contributed by atoms with Crippen molar-refractivity contribution in [3.63, 3.8) is 0 Å². The minimum Gasteiger partial charge on any atom is -0.307 e. The van der Waals surface area contributed by atoms with Crippen molar-refractivity contribution in [1.82, 2.24) is 9.97 Å². The molecule has 1 heterocycles. The van der Waals surface area contributed by atoms with Gasteiger partial charge in [0.15, 0.2) is 0 Å². The number of benzene rings is 1. The lowest BCUT2D eigenvalue weighted by atomic mass is 10.1. The summed E-state index contributed by atoms with van der Waals surface area (Å²) in [5.74, 6) is 0. The number of H-pyrrole nitrogens is 2. The lowest BCUT2D eigenvalue weighted by Crippen LogP contribution is -2.22. The number of aromatic nitrogens is 2. The van der Waals surface area contributed by atoms with Crippen LogP contribution in [0.2, 0.25) is 0 Å². The van der Waals surface area contributed by atoms with Gasteiger partial charge in [0.25, 0.3) is 15.7 Å². The van der Waals surface area contributed by atoms with Crippen molar-refractivity contribution in [3.8, 4) is 0 Å². The minimum absolute atomic E-state index is 0.0916. The molecule has 0 spiro atoms. The van der Waals surface area contributed by atoms with Crippen molar-refractivity contribution >= 4 is 21.0 Å². The zero-order chi connectivity index (χ0) is 12.8. The predicted molar refractivity (Wildman–Crippen MR) is 59.7 cm³/mol. The molecule has 1 aromatic heterocycles. The van der Waals surface area contributed by atoms with Crippen molar-refractivity contribution < 1.29 is 13.0 Å². The molecule has 2 aromatic rings. The van der Waals surface area contributed by atoms with E-state index >= 15 is 0 Å². The van der Waals surface area contributed by atoms with Crippen molar-refractivity contribution in [2.75, 3.05) is 0 Å². The second-order valence-electron chi connectivity index (χ2n) is 3.49. The number of aromatic amines is 2. The Morgan fingerprint density at radius 1 is 1.18 bits per heavy atom. The molecule has 0 amide bonds. The molecule has 0 atom stereocenters. The summed E-state index contributed by atoms with van der Waals surface area (Å²) in [6.45, 7) is 1.39. The minimum atomic E-state index is -4.38. The van der Waals surface area contributed by atoms with Crippen LogP contribution in [0.15, 0.2) is 26.6 Å². The van der Waals surface area contributed by atoms with Crippen LogP contribution < -0.4 is 11.2 Å². The standard InChI is InChI=1S/C9H8N2O5S/c1-4-6(17(14,15)16)3-2-5-7(4)10-9(13)11-8(5)12/h2-3H,1H3,(H,14,15,16)(H2,10,11,12,13). The third-order valence-corrected chi connectivity index (χ3v) is 3.40. The Morgan fingerprint density at radius 3 is 2.41 bits per heavy atom. The average Bonchev–Trinajstić information content (AvgIpc) is 2.17. The monoisotopic (exact) mass is 256 g/mol. The molecule has 17 heavy (non-hydrogen) atoms. The van der Waals surface area contributed by atoms with Gasteiger partial charge < -0.3 is 4.98 Å². The molecule has 0 bridgehead atoms. The van der Waals surface area contributed by atoms with Crippen LogP contribution in [-0.4, -0.2) is 22.9 Å². The van der Waals surface area contributed by atoms with Crippen LogP contribution in [0.25, 0.3) is 10.9 Å². The molecule has 8 heteroatoms. The topological polar surface area (TPSA) is 120 Å². The van der Waals surface area contributed by atoms with E-state index in [0.717, 1.165) is 6.07 Å². The van der Waals surface area contributed by atoms with Crippen molar-refractivity contribution in [2.45, 2.75) is 11.8 Å². The first-order valence-electron chi connectivity index (χ1n) is 4.54. The molecule has 1 aromatic carbocycles. The Labute approximate surface area is 94.9 Å². The predicted octanol–water partition coefficient (Wildman–Crippen LogP) is -0.228. The third kappa shape index (κ3) is 1.87. The first-order valence-corrected chi connectivity index (χ1v) is 5.98. The van der Waals surface area contributed by atoms with E-state index in [1.54, 1.807) is 0 Å². The Kier molecular flexibility index (Phi) is 2.40. The first kappa shape index (κ1) is 11.6. The quantitative estimate of drug-likeness (QED) is 0.609. The Morgan fingerprint density at radius 2 is 1.82 bits per heavy atom. The van der Waals surface area contributed by atoms with E-state index in [9.17, 15) is 18.0 Å². The average molecular weight is 256 g/mol. The number of aryl methyl sites for hydroxylation is 1. The Balaban J connectivity index is 3.05. The van der Waals surface area contributed by atoms with E-state index in [0.29, 0.717) is 0 Å². The summed E-state index contributed by atoms with van der Waals surface area (Å²) in [6, 6.07) is 2.33. The van der Waals surface area contributed by atoms with Gasteiger partial charge in [-0.15, -0.1) is 0 Å². The highest BCUT2D eigenvalue weighted by molar-refractivity contribution is 7.85. The van der Waals surface area contributed by atoms with Crippen molar-refractivity contribution in [3.05, 3.63) is 38.5 Å². The van der Waals surface area contributed by atoms with Crippen LogP contribution in [-0.2, 0) is 10.1 Å². The highest BCUT2D eigenvalue weighted by atomic mass is 32.2. The molecule has 0 saturated carbocycles. The van der Waals surface area contributed by atoms with Gasteiger partial charge in [0.2, 0.25) is 0 Å². The molecule has 0 radical (unpaired) electrons. The molecule has 0 fully saturated rings. The number of hydrogen-bond acceptors (Lipinski definition) is 4. The number of hydrogen-bond donors (Lipinski definition) is 3. The summed E-state index contributed by atoms with van der Waals surface area (Å²) in [5, 5.41) is 0.148. The normalized spacial score (nSPS) is 11.9. The van der Waals surface area contributed by atoms with E-state index in [2.05, 4.69) is 4.98 Å². The summed E-state index contributed by atoms with van der Waals surface area (Å²) in [5.41, 5.74) is -1.14. The van der Waals surface area contributed by atoms with Gasteiger partial charge in [0, 0.05) is 0 Å². The molecule has 90 valence electrons. The fraction of sp³-hybridized carbons (Fsp3) is 0.111. The molecular formula is C9H8N2O5S. The SMILES string of the molecule is Cc1c(S(=O)(=O)O)ccc2c(=O)[nH]c(=O)[nH]c12. The maximum absolute atomic E-state index is 11.4. The molecule has 0 unspecified atom stereocenters. The maximum atomic E-state index is 11.4. The van der Waals surface area contributed by atoms with Crippen LogP contribution in [0.1, 0.15) is 5.56 Å². The molecule has 0 aliphatic heterocycles. The van der Waals surface area contributed by atoms with E-state index in [1.807, 2.05) is 4.98 Å². The summed E-state index contributed by atoms with van der Waals surface area (Å²) in [7, 11) is -4.38. The molecule has 2 rings (SSSR count). The van der Waals surface area contributed by atoms with Crippen LogP contribution in [0.5, 0.6) is 0 Å². The van der Waals surface area contributed by atoms with Crippen molar-refractivity contribution in [1.29, 1.82) is 0 Å². The second-order valence-corrected chi connectivity index (χ2v) is 4.88. The smallest absolute Gasteiger partial charge is 0.307 e. The van der Waals surface area contributed by atoms with Crippen LogP contribution >= 0.6 is 0 Å². The maximum Gasteiger partial charge on any atom is 0.326 e. The second kappa shape index (κ2) is 3.54. The Bertz CT molecular complexity index is 815. The summed E-state index contributed by atoms with van der Waals surface area (Å²) >= 11 is 0. The van der Waals surface area contributed by atoms with Gasteiger partial charge in [0.1, 0.15) is 0 Å². The van der Waals surface area contributed by atoms with Gasteiger partial charge in [-0.1, -0.05) is 0 Å². The van der Waals surface area contributed by atoms with Crippen LogP contribution in [0.3, 0.4) is 0 Å². The van der Waals surface area contributed by atoms with Gasteiger partial charge >= 0.3 is 5.69 Å². The van der Waals surface area contributed by atoms with E-state index in [-0.39, 0.29) is 21.4 Å². The fourth-order valence-corrected chi connectivity index (χ4v) is 2.37. The van der Waals surface area contributed by atoms with Crippen molar-refractivity contribution in [2.24, 2.45) is 0 Å². The molecule has 7 nitrogen and oxygen atoms in total. The van der Waals surface area contributed by atoms with E-state index in [4.69, 9.17) is 4.55 Å². The highest BCUT2D eigenvalue weighted by Gasteiger charge is 2.16. The Hall–Kier alpha value is -1.93. The van der Waals surface area contributed by atoms with Crippen LogP contribution in [0.4, 0.5) is 0 Å². The van der Waals surface area contributed by atoms with E-state index in [1.165, 1.54) is 13.0 Å². The molecular weight excluding hydrogens is 248 g/mol. The van der Waals surface area contributed by atoms with Gasteiger partial charge in [-0.2, -0.15) is 8.42 Å². The largest absolute Gasteiger partial charge is 0.326 e. The molecule has 0 saturated heterocycles. The summed E-state index contributed by atoms with van der Waals surface area (Å²) < 4.78 is 31.1. The number of rotatable bonds is 1. The molecule has 0 aliphatic carbocycles. The van der Waals surface area contributed by atoms with E-state index < -0.39 is 21.4 Å². The fourth-order valence-electron chi connectivity index (χ4n) is 1.64. The summed E-state index contributed by atoms with van der Waals surface area (Å²) in [4.78, 5) is 26.5. The number of fused-ring (bicyclic) bond motifs is 1. The van der Waals surface area contributed by atoms with Gasteiger partial charge in [-0.05, 0) is 24.6 Å². The summed E-state index contributed by atoms with van der Waals surface area (Å²) in [6.07, 6.45) is 0. The van der Waals surface area contributed by atoms with Gasteiger partial charge in [-0.25, -0.2) is 4.79 Å².